The number of carbonyl (C=O) groups excluding carboxylic acids is 1. The van der Waals surface area contributed by atoms with Crippen molar-refractivity contribution < 1.29 is 14.6 Å². The van der Waals surface area contributed by atoms with Crippen molar-refractivity contribution in [2.45, 2.75) is 37.2 Å². The van der Waals surface area contributed by atoms with Gasteiger partial charge >= 0.3 is 0 Å². The first kappa shape index (κ1) is 15.1. The van der Waals surface area contributed by atoms with Gasteiger partial charge in [0.2, 0.25) is 5.91 Å². The summed E-state index contributed by atoms with van der Waals surface area (Å²) in [6.07, 6.45) is 2.09. The summed E-state index contributed by atoms with van der Waals surface area (Å²) in [6, 6.07) is 0. The summed E-state index contributed by atoms with van der Waals surface area (Å²) in [5.74, 6) is 0.729. The van der Waals surface area contributed by atoms with E-state index in [1.165, 1.54) is 0 Å². The van der Waals surface area contributed by atoms with Crippen LogP contribution in [0.15, 0.2) is 0 Å². The Labute approximate surface area is 119 Å². The van der Waals surface area contributed by atoms with Gasteiger partial charge in [0.05, 0.1) is 24.6 Å². The molecule has 19 heavy (non-hydrogen) atoms. The van der Waals surface area contributed by atoms with E-state index >= 15 is 0 Å². The molecule has 2 atom stereocenters. The minimum Gasteiger partial charge on any atom is -0.394 e. The topological polar surface area (TPSA) is 61.8 Å². The molecule has 2 aliphatic heterocycles. The van der Waals surface area contributed by atoms with Gasteiger partial charge in [-0.3, -0.25) is 4.79 Å². The van der Waals surface area contributed by atoms with Gasteiger partial charge in [-0.1, -0.05) is 0 Å². The molecule has 2 saturated heterocycles. The second kappa shape index (κ2) is 7.47. The maximum atomic E-state index is 12.2. The van der Waals surface area contributed by atoms with Crippen molar-refractivity contribution in [1.82, 2.24) is 10.2 Å². The van der Waals surface area contributed by atoms with Crippen LogP contribution in [0.5, 0.6) is 0 Å². The maximum Gasteiger partial charge on any atom is 0.232 e. The molecular formula is C13H24N2O3S. The zero-order valence-electron chi connectivity index (χ0n) is 11.5. The highest BCUT2D eigenvalue weighted by Crippen LogP contribution is 2.21. The van der Waals surface area contributed by atoms with Crippen molar-refractivity contribution >= 4 is 17.7 Å². The third-order valence-electron chi connectivity index (χ3n) is 3.61. The largest absolute Gasteiger partial charge is 0.394 e. The number of hydrogen-bond donors (Lipinski definition) is 2. The van der Waals surface area contributed by atoms with E-state index in [0.29, 0.717) is 24.1 Å². The summed E-state index contributed by atoms with van der Waals surface area (Å²) < 4.78 is 5.55. The summed E-state index contributed by atoms with van der Waals surface area (Å²) in [5.41, 5.74) is 0. The summed E-state index contributed by atoms with van der Waals surface area (Å²) in [5, 5.41) is 13.1. The number of amides is 1. The van der Waals surface area contributed by atoms with Gasteiger partial charge in [0, 0.05) is 18.3 Å². The first-order chi connectivity index (χ1) is 9.19. The second-order valence-corrected chi connectivity index (χ2v) is 6.60. The summed E-state index contributed by atoms with van der Waals surface area (Å²) in [7, 11) is 0. The number of aliphatic hydroxyl groups excluding tert-OH is 1. The summed E-state index contributed by atoms with van der Waals surface area (Å²) >= 11 is 1.77. The highest BCUT2D eigenvalue weighted by Gasteiger charge is 2.28. The Bertz CT molecular complexity index is 298. The van der Waals surface area contributed by atoms with Crippen LogP contribution in [0.4, 0.5) is 0 Å². The van der Waals surface area contributed by atoms with Crippen molar-refractivity contribution in [1.29, 1.82) is 0 Å². The van der Waals surface area contributed by atoms with E-state index in [1.807, 2.05) is 11.8 Å². The number of nitrogens with one attached hydrogen (secondary N) is 1. The molecule has 2 heterocycles. The summed E-state index contributed by atoms with van der Waals surface area (Å²) in [4.78, 5) is 14.0. The quantitative estimate of drug-likeness (QED) is 0.767. The second-order valence-electron chi connectivity index (χ2n) is 5.31. The van der Waals surface area contributed by atoms with Crippen LogP contribution in [-0.2, 0) is 9.53 Å². The van der Waals surface area contributed by atoms with E-state index in [4.69, 9.17) is 9.84 Å². The maximum absolute atomic E-state index is 12.2. The minimum atomic E-state index is -0.225. The fourth-order valence-electron chi connectivity index (χ4n) is 2.59. The fourth-order valence-corrected chi connectivity index (χ4v) is 3.72. The third kappa shape index (κ3) is 4.63. The Morgan fingerprint density at radius 2 is 2.16 bits per heavy atom. The highest BCUT2D eigenvalue weighted by atomic mass is 32.2. The molecule has 2 fully saturated rings. The first-order valence-electron chi connectivity index (χ1n) is 7.05. The summed E-state index contributed by atoms with van der Waals surface area (Å²) in [6.45, 7) is 5.21. The average Bonchev–Trinajstić information content (AvgIpc) is 2.45. The number of aliphatic hydroxyl groups is 1. The van der Waals surface area contributed by atoms with Crippen molar-refractivity contribution in [3.8, 4) is 0 Å². The molecular weight excluding hydrogens is 264 g/mol. The van der Waals surface area contributed by atoms with Crippen LogP contribution in [0.1, 0.15) is 19.8 Å². The van der Waals surface area contributed by atoms with Gasteiger partial charge in [0.1, 0.15) is 0 Å². The van der Waals surface area contributed by atoms with Crippen molar-refractivity contribution in [3.05, 3.63) is 0 Å². The third-order valence-corrected chi connectivity index (χ3v) is 4.97. The van der Waals surface area contributed by atoms with Crippen molar-refractivity contribution in [2.75, 3.05) is 38.5 Å². The standard InChI is InChI=1S/C13H24N2O3S/c1-10-6-15(7-11(8-16)18-10)13(17)9-19-12-2-4-14-5-3-12/h10-12,14,16H,2-9H2,1H3. The van der Waals surface area contributed by atoms with Gasteiger partial charge in [-0.15, -0.1) is 11.8 Å². The number of morpholine rings is 1. The van der Waals surface area contributed by atoms with Crippen molar-refractivity contribution in [3.63, 3.8) is 0 Å². The molecule has 0 bridgehead atoms. The zero-order valence-corrected chi connectivity index (χ0v) is 12.3. The Morgan fingerprint density at radius 1 is 1.42 bits per heavy atom. The van der Waals surface area contributed by atoms with Crippen LogP contribution in [0.25, 0.3) is 0 Å². The Morgan fingerprint density at radius 3 is 2.84 bits per heavy atom. The molecule has 0 aromatic carbocycles. The van der Waals surface area contributed by atoms with Gasteiger partial charge in [0.15, 0.2) is 0 Å². The van der Waals surface area contributed by atoms with Crippen LogP contribution < -0.4 is 5.32 Å². The van der Waals surface area contributed by atoms with Crippen LogP contribution >= 0.6 is 11.8 Å². The van der Waals surface area contributed by atoms with E-state index in [-0.39, 0.29) is 24.7 Å². The van der Waals surface area contributed by atoms with Gasteiger partial charge in [0.25, 0.3) is 0 Å². The van der Waals surface area contributed by atoms with Crippen LogP contribution in [-0.4, -0.2) is 71.9 Å². The molecule has 2 N–H and O–H groups in total. The van der Waals surface area contributed by atoms with Crippen LogP contribution in [0, 0.1) is 0 Å². The molecule has 0 aromatic rings. The van der Waals surface area contributed by atoms with E-state index < -0.39 is 0 Å². The molecule has 5 nitrogen and oxygen atoms in total. The molecule has 0 radical (unpaired) electrons. The zero-order chi connectivity index (χ0) is 13.7. The smallest absolute Gasteiger partial charge is 0.232 e. The van der Waals surface area contributed by atoms with Gasteiger partial charge in [-0.05, 0) is 32.9 Å². The molecule has 0 aromatic heterocycles. The van der Waals surface area contributed by atoms with Crippen LogP contribution in [0.2, 0.25) is 0 Å². The number of hydrogen-bond acceptors (Lipinski definition) is 5. The van der Waals surface area contributed by atoms with E-state index in [9.17, 15) is 4.79 Å². The van der Waals surface area contributed by atoms with Gasteiger partial charge < -0.3 is 20.1 Å². The molecule has 2 rings (SSSR count). The van der Waals surface area contributed by atoms with Crippen LogP contribution in [0.3, 0.4) is 0 Å². The minimum absolute atomic E-state index is 0.0127. The van der Waals surface area contributed by atoms with E-state index in [2.05, 4.69) is 5.32 Å². The van der Waals surface area contributed by atoms with Crippen molar-refractivity contribution in [2.24, 2.45) is 0 Å². The lowest BCUT2D eigenvalue weighted by Crippen LogP contribution is -2.51. The Balaban J connectivity index is 1.75. The monoisotopic (exact) mass is 288 g/mol. The number of thioether (sulfide) groups is 1. The molecule has 0 aliphatic carbocycles. The number of piperidine rings is 1. The van der Waals surface area contributed by atoms with Gasteiger partial charge in [-0.25, -0.2) is 0 Å². The molecule has 2 aliphatic rings. The lowest BCUT2D eigenvalue weighted by Gasteiger charge is -2.36. The lowest BCUT2D eigenvalue weighted by molar-refractivity contribution is -0.144. The molecule has 0 spiro atoms. The van der Waals surface area contributed by atoms with Gasteiger partial charge in [-0.2, -0.15) is 0 Å². The average molecular weight is 288 g/mol. The van der Waals surface area contributed by atoms with E-state index in [0.717, 1.165) is 25.9 Å². The predicted octanol–water partition coefficient (Wildman–Crippen LogP) is 0.0798. The number of carbonyl (C=O) groups is 1. The molecule has 2 unspecified atom stereocenters. The molecule has 6 heteroatoms. The fraction of sp³-hybridized carbons (Fsp3) is 0.923. The molecule has 0 saturated carbocycles. The van der Waals surface area contributed by atoms with E-state index in [1.54, 1.807) is 11.8 Å². The SMILES string of the molecule is CC1CN(C(=O)CSC2CCNCC2)CC(CO)O1. The molecule has 110 valence electrons. The predicted molar refractivity (Wildman–Crippen MR) is 76.4 cm³/mol. The first-order valence-corrected chi connectivity index (χ1v) is 8.10. The molecule has 1 amide bonds. The Kier molecular flexibility index (Phi) is 5.94. The highest BCUT2D eigenvalue weighted by molar-refractivity contribution is 8.00. The number of rotatable bonds is 4. The normalized spacial score (nSPS) is 29.5. The number of ether oxygens (including phenoxy) is 1. The Hall–Kier alpha value is -0.300. The lowest BCUT2D eigenvalue weighted by atomic mass is 10.2. The number of nitrogens with zero attached hydrogens (tertiary/aromatic N) is 1.